The topological polar surface area (TPSA) is 216 Å². The molecule has 4 N–H and O–H groups in total. The summed E-state index contributed by atoms with van der Waals surface area (Å²) in [6.45, 7) is 0.234. The Labute approximate surface area is 519 Å². The molecule has 0 unspecified atom stereocenters. The van der Waals surface area contributed by atoms with Crippen molar-refractivity contribution in [3.8, 4) is 0 Å². The third-order valence-electron chi connectivity index (χ3n) is 19.5. The highest BCUT2D eigenvalue weighted by molar-refractivity contribution is 5.92. The molecule has 5 fully saturated rings. The summed E-state index contributed by atoms with van der Waals surface area (Å²) in [6.07, 6.45) is 9.22. The quantitative estimate of drug-likeness (QED) is 0.115. The van der Waals surface area contributed by atoms with Gasteiger partial charge in [0.1, 0.15) is 24.2 Å². The second-order valence-corrected chi connectivity index (χ2v) is 25.5. The van der Waals surface area contributed by atoms with Crippen LogP contribution in [0.1, 0.15) is 125 Å². The third kappa shape index (κ3) is 17.5. The zero-order valence-electron chi connectivity index (χ0n) is 51.9. The van der Waals surface area contributed by atoms with E-state index in [0.29, 0.717) is 103 Å². The molecule has 8 amide bonds. The first-order valence-electron chi connectivity index (χ1n) is 32.2. The Balaban J connectivity index is 0.999. The fourth-order valence-electron chi connectivity index (χ4n) is 14.1. The maximum Gasteiger partial charge on any atom is 0.247 e. The van der Waals surface area contributed by atoms with Crippen LogP contribution in [0.5, 0.6) is 0 Å². The standard InChI is InChI=1S/C70H92N8O10/c1-75-55-33-19-31-53(41-55)65(81)73-61(45-87-43-49-25-13-7-14-26-49)69(85)78(4)58-36-18-30-52(40-58)64(80)72-60(38-48-23-11-6-12-24-48)68(84)76(2)56-34-20-32-54(42-56)66(82)74-62(46-88-44-50-27-15-8-16-28-50)70(86)77(3)57-35-17-29-51(39-57)63(79)71-59(67(75)83)37-47-21-9-5-10-22-47/h5-16,21-28,51-62H,17-20,29-46H2,1-4H3,(H,71,79)(H,72,80)(H,73,81)(H,74,82)/t51-,52-,53-,54-,55+,56+,57+,58+,59+,60+,61-,62-/m1/s1. The summed E-state index contributed by atoms with van der Waals surface area (Å²) in [5.74, 6) is -4.52. The molecule has 18 heteroatoms. The van der Waals surface area contributed by atoms with Crippen molar-refractivity contribution in [1.29, 1.82) is 0 Å². The Hall–Kier alpha value is -7.44. The predicted molar refractivity (Wildman–Crippen MR) is 334 cm³/mol. The van der Waals surface area contributed by atoms with E-state index in [1.807, 2.05) is 121 Å². The van der Waals surface area contributed by atoms with Gasteiger partial charge in [-0.1, -0.05) is 147 Å². The summed E-state index contributed by atoms with van der Waals surface area (Å²) in [5.41, 5.74) is 3.55. The Morgan fingerprint density at radius 1 is 0.330 bits per heavy atom. The smallest absolute Gasteiger partial charge is 0.247 e. The minimum atomic E-state index is -1.05. The minimum Gasteiger partial charge on any atom is -0.374 e. The molecular formula is C70H92N8O10. The summed E-state index contributed by atoms with van der Waals surface area (Å²) in [6, 6.07) is 32.9. The van der Waals surface area contributed by atoms with Crippen molar-refractivity contribution in [2.75, 3.05) is 41.4 Å². The zero-order valence-corrected chi connectivity index (χ0v) is 51.9. The predicted octanol–water partition coefficient (Wildman–Crippen LogP) is 6.93. The van der Waals surface area contributed by atoms with Crippen LogP contribution in [-0.4, -0.2) is 157 Å². The summed E-state index contributed by atoms with van der Waals surface area (Å²) in [7, 11) is 6.91. The second-order valence-electron chi connectivity index (χ2n) is 25.5. The van der Waals surface area contributed by atoms with Crippen LogP contribution < -0.4 is 21.3 Å². The fourth-order valence-corrected chi connectivity index (χ4v) is 14.1. The van der Waals surface area contributed by atoms with Gasteiger partial charge in [-0.15, -0.1) is 0 Å². The molecule has 8 bridgehead atoms. The molecule has 12 atom stereocenters. The molecule has 1 aliphatic heterocycles. The number of hydrogen-bond acceptors (Lipinski definition) is 10. The molecular weight excluding hydrogens is 1110 g/mol. The van der Waals surface area contributed by atoms with Gasteiger partial charge < -0.3 is 50.3 Å². The van der Waals surface area contributed by atoms with Crippen LogP contribution in [0.25, 0.3) is 0 Å². The second kappa shape index (κ2) is 31.6. The van der Waals surface area contributed by atoms with Crippen LogP contribution in [0.2, 0.25) is 0 Å². The lowest BCUT2D eigenvalue weighted by Crippen LogP contribution is -2.57. The van der Waals surface area contributed by atoms with Crippen molar-refractivity contribution >= 4 is 47.3 Å². The van der Waals surface area contributed by atoms with Gasteiger partial charge in [-0.25, -0.2) is 0 Å². The number of nitrogens with one attached hydrogen (secondary N) is 4. The molecule has 9 rings (SSSR count). The lowest BCUT2D eigenvalue weighted by atomic mass is 9.83. The Kier molecular flexibility index (Phi) is 23.4. The van der Waals surface area contributed by atoms with E-state index in [0.717, 1.165) is 22.3 Å². The van der Waals surface area contributed by atoms with Gasteiger partial charge in [0.15, 0.2) is 0 Å². The Morgan fingerprint density at radius 2 is 0.568 bits per heavy atom. The highest BCUT2D eigenvalue weighted by Gasteiger charge is 2.42. The molecule has 4 aliphatic carbocycles. The molecule has 1 saturated heterocycles. The maximum atomic E-state index is 14.9. The van der Waals surface area contributed by atoms with Crippen molar-refractivity contribution in [3.63, 3.8) is 0 Å². The monoisotopic (exact) mass is 1200 g/mol. The minimum absolute atomic E-state index is 0.0991. The molecule has 0 radical (unpaired) electrons. The average molecular weight is 1210 g/mol. The third-order valence-corrected chi connectivity index (χ3v) is 19.5. The van der Waals surface area contributed by atoms with Crippen molar-refractivity contribution < 1.29 is 47.8 Å². The van der Waals surface area contributed by atoms with E-state index >= 15 is 0 Å². The highest BCUT2D eigenvalue weighted by atomic mass is 16.5. The van der Waals surface area contributed by atoms with Gasteiger partial charge in [-0.05, 0) is 99.3 Å². The van der Waals surface area contributed by atoms with Crippen LogP contribution in [0.15, 0.2) is 121 Å². The molecule has 4 aromatic rings. The molecule has 472 valence electrons. The largest absolute Gasteiger partial charge is 0.374 e. The highest BCUT2D eigenvalue weighted by Crippen LogP contribution is 2.33. The number of nitrogens with zero attached hydrogens (tertiary/aromatic N) is 4. The van der Waals surface area contributed by atoms with Crippen molar-refractivity contribution in [2.24, 2.45) is 23.7 Å². The van der Waals surface area contributed by atoms with Gasteiger partial charge in [0, 0.05) is 88.9 Å². The number of carbonyl (C=O) groups is 8. The van der Waals surface area contributed by atoms with Gasteiger partial charge in [0.2, 0.25) is 47.3 Å². The first-order valence-corrected chi connectivity index (χ1v) is 32.2. The van der Waals surface area contributed by atoms with Gasteiger partial charge in [-0.2, -0.15) is 0 Å². The van der Waals surface area contributed by atoms with E-state index in [4.69, 9.17) is 9.47 Å². The molecule has 4 saturated carbocycles. The number of carbonyl (C=O) groups excluding carboxylic acids is 8. The number of benzene rings is 4. The van der Waals surface area contributed by atoms with Gasteiger partial charge in [0.05, 0.1) is 26.4 Å². The van der Waals surface area contributed by atoms with E-state index < -0.39 is 47.8 Å². The molecule has 0 aromatic heterocycles. The van der Waals surface area contributed by atoms with Crippen molar-refractivity contribution in [2.45, 2.75) is 177 Å². The number of rotatable bonds is 12. The van der Waals surface area contributed by atoms with E-state index in [-0.39, 0.29) is 111 Å². The zero-order chi connectivity index (χ0) is 62.1. The molecule has 1 heterocycles. The fraction of sp³-hybridized carbons (Fsp3) is 0.543. The van der Waals surface area contributed by atoms with Gasteiger partial charge >= 0.3 is 0 Å². The van der Waals surface area contributed by atoms with E-state index in [9.17, 15) is 38.4 Å². The molecule has 88 heavy (non-hydrogen) atoms. The number of amides is 8. The normalized spacial score (nSPS) is 28.8. The summed E-state index contributed by atoms with van der Waals surface area (Å²) in [5, 5.41) is 12.5. The van der Waals surface area contributed by atoms with Crippen LogP contribution in [0.3, 0.4) is 0 Å². The lowest BCUT2D eigenvalue weighted by molar-refractivity contribution is -0.143. The Morgan fingerprint density at radius 3 is 0.841 bits per heavy atom. The Bertz CT molecular complexity index is 2780. The van der Waals surface area contributed by atoms with Crippen LogP contribution >= 0.6 is 0 Å². The van der Waals surface area contributed by atoms with E-state index in [1.165, 1.54) is 0 Å². The van der Waals surface area contributed by atoms with Crippen LogP contribution in [0.4, 0.5) is 0 Å². The number of ether oxygens (including phenoxy) is 2. The SMILES string of the molecule is CN1C(=O)[C@H](Cc2ccccc2)NC(=O)[C@@H]2CCC[C@@H](C2)N(C)C(=O)[C@@H](COCc2ccccc2)NC(=O)[C@@H]2CCC[C@@H](C2)N(C)C(=O)[C@H](Cc2ccccc2)NC(=O)[C@@H]2CCC[C@@H](C2)N(C)C(=O)[C@@H](COCc2ccccc2)NC(=O)[C@@H]2CCC[C@H]1C2. The van der Waals surface area contributed by atoms with Crippen molar-refractivity contribution in [1.82, 2.24) is 40.9 Å². The van der Waals surface area contributed by atoms with Gasteiger partial charge in [0.25, 0.3) is 0 Å². The number of likely N-dealkylation sites (N-methyl/N-ethyl adjacent to an activating group) is 4. The summed E-state index contributed by atoms with van der Waals surface area (Å²) < 4.78 is 12.4. The van der Waals surface area contributed by atoms with E-state index in [2.05, 4.69) is 21.3 Å². The lowest BCUT2D eigenvalue weighted by Gasteiger charge is -2.39. The number of hydrogen-bond donors (Lipinski definition) is 4. The molecule has 18 nitrogen and oxygen atoms in total. The van der Waals surface area contributed by atoms with Crippen molar-refractivity contribution in [3.05, 3.63) is 144 Å². The molecule has 5 aliphatic rings. The summed E-state index contributed by atoms with van der Waals surface area (Å²) >= 11 is 0. The average Bonchev–Trinajstić information content (AvgIpc) is 3.25. The summed E-state index contributed by atoms with van der Waals surface area (Å²) in [4.78, 5) is 125. The van der Waals surface area contributed by atoms with E-state index in [1.54, 1.807) is 47.8 Å². The first-order chi connectivity index (χ1) is 42.6. The first kappa shape index (κ1) is 65.0. The molecule has 4 aromatic carbocycles. The van der Waals surface area contributed by atoms with Crippen LogP contribution in [-0.2, 0) is 73.9 Å². The maximum absolute atomic E-state index is 14.9. The number of fused-ring (bicyclic) bond motifs is 8. The van der Waals surface area contributed by atoms with Crippen LogP contribution in [0, 0.1) is 23.7 Å². The molecule has 0 spiro atoms. The van der Waals surface area contributed by atoms with Gasteiger partial charge in [-0.3, -0.25) is 38.4 Å².